The van der Waals surface area contributed by atoms with Crippen LogP contribution < -0.4 is 19.6 Å². The summed E-state index contributed by atoms with van der Waals surface area (Å²) in [5.74, 6) is -0.221. The number of esters is 1. The Labute approximate surface area is 222 Å². The van der Waals surface area contributed by atoms with Gasteiger partial charge in [-0.15, -0.1) is 0 Å². The second-order valence-corrected chi connectivity index (χ2v) is 9.66. The molecule has 0 N–H and O–H groups in total. The first-order valence-electron chi connectivity index (χ1n) is 12.1. The number of thiazole rings is 1. The zero-order chi connectivity index (χ0) is 26.6. The van der Waals surface area contributed by atoms with Gasteiger partial charge in [0, 0.05) is 5.56 Å². The van der Waals surface area contributed by atoms with Crippen LogP contribution >= 0.6 is 11.3 Å². The van der Waals surface area contributed by atoms with Crippen LogP contribution in [0.3, 0.4) is 0 Å². The summed E-state index contributed by atoms with van der Waals surface area (Å²) >= 11 is 1.28. The number of benzene rings is 3. The number of hydrogen-bond acceptors (Lipinski definition) is 6. The minimum absolute atomic E-state index is 0.117. The third-order valence-corrected chi connectivity index (χ3v) is 7.28. The Kier molecular flexibility index (Phi) is 7.33. The molecule has 6 nitrogen and oxygen atoms in total. The van der Waals surface area contributed by atoms with Crippen LogP contribution in [-0.4, -0.2) is 17.6 Å². The third-order valence-electron chi connectivity index (χ3n) is 6.30. The van der Waals surface area contributed by atoms with E-state index in [9.17, 15) is 14.0 Å². The minimum atomic E-state index is -0.633. The number of halogens is 1. The fraction of sp³-hybridized carbons (Fsp3) is 0.167. The highest BCUT2D eigenvalue weighted by atomic mass is 32.1. The molecule has 192 valence electrons. The van der Waals surface area contributed by atoms with E-state index in [-0.39, 0.29) is 18.0 Å². The maximum atomic E-state index is 13.9. The van der Waals surface area contributed by atoms with Crippen LogP contribution in [0.2, 0.25) is 0 Å². The molecular formula is C30H25FN2O4S. The summed E-state index contributed by atoms with van der Waals surface area (Å²) in [5, 5.41) is 0. The Bertz CT molecular complexity index is 1690. The maximum Gasteiger partial charge on any atom is 0.338 e. The molecule has 1 aromatic heterocycles. The van der Waals surface area contributed by atoms with E-state index in [0.29, 0.717) is 38.3 Å². The number of nitrogens with zero attached hydrogens (tertiary/aromatic N) is 2. The molecule has 0 saturated heterocycles. The van der Waals surface area contributed by atoms with Crippen LogP contribution in [0, 0.1) is 5.82 Å². The number of carbonyl (C=O) groups excluding carboxylic acids is 1. The largest absolute Gasteiger partial charge is 0.489 e. The first-order valence-corrected chi connectivity index (χ1v) is 13.0. The highest BCUT2D eigenvalue weighted by Crippen LogP contribution is 2.31. The Morgan fingerprint density at radius 3 is 2.45 bits per heavy atom. The molecule has 4 aromatic rings. The van der Waals surface area contributed by atoms with Gasteiger partial charge < -0.3 is 9.47 Å². The van der Waals surface area contributed by atoms with E-state index >= 15 is 0 Å². The molecule has 0 saturated carbocycles. The zero-order valence-electron chi connectivity index (χ0n) is 20.9. The molecule has 0 unspecified atom stereocenters. The van der Waals surface area contributed by atoms with Crippen molar-refractivity contribution < 1.29 is 18.7 Å². The van der Waals surface area contributed by atoms with Crippen molar-refractivity contribution in [2.75, 3.05) is 7.11 Å². The third kappa shape index (κ3) is 4.95. The summed E-state index contributed by atoms with van der Waals surface area (Å²) < 4.78 is 26.7. The normalized spacial score (nSPS) is 15.1. The van der Waals surface area contributed by atoms with Crippen molar-refractivity contribution in [2.45, 2.75) is 26.0 Å². The quantitative estimate of drug-likeness (QED) is 0.331. The van der Waals surface area contributed by atoms with Gasteiger partial charge in [0.05, 0.1) is 29.0 Å². The Balaban J connectivity index is 1.51. The number of ether oxygens (including phenoxy) is 2. The average Bonchev–Trinajstić information content (AvgIpc) is 3.26. The molecular weight excluding hydrogens is 503 g/mol. The van der Waals surface area contributed by atoms with Gasteiger partial charge in [0.25, 0.3) is 5.56 Å². The predicted molar refractivity (Wildman–Crippen MR) is 144 cm³/mol. The van der Waals surface area contributed by atoms with E-state index in [4.69, 9.17) is 9.47 Å². The molecule has 8 heteroatoms. The Morgan fingerprint density at radius 1 is 1.05 bits per heavy atom. The minimum Gasteiger partial charge on any atom is -0.489 e. The molecule has 38 heavy (non-hydrogen) atoms. The van der Waals surface area contributed by atoms with Gasteiger partial charge in [0.1, 0.15) is 18.2 Å². The molecule has 0 spiro atoms. The zero-order valence-corrected chi connectivity index (χ0v) is 21.7. The van der Waals surface area contributed by atoms with Gasteiger partial charge in [-0.3, -0.25) is 9.36 Å². The number of carbonyl (C=O) groups is 1. The topological polar surface area (TPSA) is 69.9 Å². The standard InChI is InChI=1S/C30H25FN2O4S/c1-3-24-26(29(35)36-2)27(20-9-5-4-6-10-20)33-28(34)25(38-30(33)32-24)17-19-13-15-22(16-14-19)37-18-21-11-7-8-12-23(21)31/h4-17,27H,3,18H2,1-2H3/b25-17-/t27-/m0/s1. The molecule has 0 fully saturated rings. The maximum absolute atomic E-state index is 13.9. The van der Waals surface area contributed by atoms with Crippen molar-refractivity contribution in [1.29, 1.82) is 0 Å². The second-order valence-electron chi connectivity index (χ2n) is 8.65. The van der Waals surface area contributed by atoms with E-state index in [2.05, 4.69) is 4.99 Å². The van der Waals surface area contributed by atoms with Crippen LogP contribution in [0.5, 0.6) is 5.75 Å². The van der Waals surface area contributed by atoms with Crippen molar-refractivity contribution in [3.63, 3.8) is 0 Å². The monoisotopic (exact) mass is 528 g/mol. The molecule has 2 heterocycles. The summed E-state index contributed by atoms with van der Waals surface area (Å²) in [7, 11) is 1.33. The Morgan fingerprint density at radius 2 is 1.76 bits per heavy atom. The van der Waals surface area contributed by atoms with E-state index in [0.717, 1.165) is 11.1 Å². The van der Waals surface area contributed by atoms with Crippen molar-refractivity contribution in [3.05, 3.63) is 132 Å². The molecule has 5 rings (SSSR count). The lowest BCUT2D eigenvalue weighted by Crippen LogP contribution is -2.40. The van der Waals surface area contributed by atoms with Crippen molar-refractivity contribution in [1.82, 2.24) is 4.57 Å². The van der Waals surface area contributed by atoms with Crippen LogP contribution in [-0.2, 0) is 16.1 Å². The fourth-order valence-corrected chi connectivity index (χ4v) is 5.42. The molecule has 3 aromatic carbocycles. The van der Waals surface area contributed by atoms with Crippen molar-refractivity contribution >= 4 is 23.4 Å². The lowest BCUT2D eigenvalue weighted by Gasteiger charge is -2.25. The summed E-state index contributed by atoms with van der Waals surface area (Å²) in [6.45, 7) is 2.04. The molecule has 0 radical (unpaired) electrons. The van der Waals surface area contributed by atoms with E-state index in [1.54, 1.807) is 41.0 Å². The number of allylic oxidation sites excluding steroid dienone is 1. The average molecular weight is 529 g/mol. The van der Waals surface area contributed by atoms with Gasteiger partial charge in [-0.05, 0) is 41.8 Å². The van der Waals surface area contributed by atoms with Crippen LogP contribution in [0.4, 0.5) is 4.39 Å². The van der Waals surface area contributed by atoms with Crippen molar-refractivity contribution in [3.8, 4) is 5.75 Å². The fourth-order valence-electron chi connectivity index (χ4n) is 4.40. The van der Waals surface area contributed by atoms with Crippen LogP contribution in [0.15, 0.2) is 99.9 Å². The molecule has 0 aliphatic carbocycles. The van der Waals surface area contributed by atoms with Gasteiger partial charge in [-0.25, -0.2) is 14.2 Å². The number of fused-ring (bicyclic) bond motifs is 1. The molecule has 1 aliphatic heterocycles. The predicted octanol–water partition coefficient (Wildman–Crippen LogP) is 4.52. The number of aromatic nitrogens is 1. The van der Waals surface area contributed by atoms with Gasteiger partial charge in [0.2, 0.25) is 0 Å². The van der Waals surface area contributed by atoms with Crippen molar-refractivity contribution in [2.24, 2.45) is 4.99 Å². The van der Waals surface area contributed by atoms with Crippen LogP contribution in [0.1, 0.15) is 36.1 Å². The first-order chi connectivity index (χ1) is 18.5. The SMILES string of the molecule is CCC1=C(C(=O)OC)[C@H](c2ccccc2)n2c(s/c(=C\c3ccc(OCc4ccccc4F)cc3)c2=O)=N1. The summed E-state index contributed by atoms with van der Waals surface area (Å²) in [5.41, 5.74) is 2.82. The van der Waals surface area contributed by atoms with E-state index < -0.39 is 12.0 Å². The second kappa shape index (κ2) is 11.0. The van der Waals surface area contributed by atoms with Gasteiger partial charge in [0.15, 0.2) is 4.80 Å². The van der Waals surface area contributed by atoms with E-state index in [1.165, 1.54) is 24.5 Å². The Hall–Kier alpha value is -4.30. The van der Waals surface area contributed by atoms with E-state index in [1.807, 2.05) is 49.4 Å². The van der Waals surface area contributed by atoms with Gasteiger partial charge in [-0.1, -0.05) is 78.9 Å². The lowest BCUT2D eigenvalue weighted by molar-refractivity contribution is -0.136. The first kappa shape index (κ1) is 25.4. The summed E-state index contributed by atoms with van der Waals surface area (Å²) in [6.07, 6.45) is 2.31. The number of methoxy groups -OCH3 is 1. The molecule has 1 atom stereocenters. The van der Waals surface area contributed by atoms with Gasteiger partial charge >= 0.3 is 5.97 Å². The highest BCUT2D eigenvalue weighted by Gasteiger charge is 2.33. The number of rotatable bonds is 7. The summed E-state index contributed by atoms with van der Waals surface area (Å²) in [6, 6.07) is 22.5. The van der Waals surface area contributed by atoms with Gasteiger partial charge in [-0.2, -0.15) is 0 Å². The summed E-state index contributed by atoms with van der Waals surface area (Å²) in [4.78, 5) is 31.7. The number of hydrogen-bond donors (Lipinski definition) is 0. The lowest BCUT2D eigenvalue weighted by atomic mass is 9.95. The smallest absolute Gasteiger partial charge is 0.338 e. The molecule has 1 aliphatic rings. The van der Waals surface area contributed by atoms with Crippen LogP contribution in [0.25, 0.3) is 6.08 Å². The molecule has 0 amide bonds. The molecule has 0 bridgehead atoms. The highest BCUT2D eigenvalue weighted by molar-refractivity contribution is 7.07.